The lowest BCUT2D eigenvalue weighted by Gasteiger charge is -2.40. The number of benzene rings is 2. The van der Waals surface area contributed by atoms with Crippen LogP contribution in [0.15, 0.2) is 68.6 Å². The first kappa shape index (κ1) is 61.2. The van der Waals surface area contributed by atoms with Gasteiger partial charge in [0.05, 0.1) is 33.8 Å². The molecule has 1 amide bonds. The molecule has 3 fully saturated rings. The Kier molecular flexibility index (Phi) is 20.6. The number of alkyl halides is 9. The number of anilines is 5. The SMILES string of the molecule is CC(C)(C)OC(=O)N1CCC(N)(C(F)(F)F)CC1.NC1(C(F)(F)F)CCNCC1.Nc1cccc(Sc2ncc(Cl)nc2N)c1Cl.Nc1cccc(Sc2ncc(N3CCC(N)(C(F)(F)F)CC3)nc2N)c1Cl. The summed E-state index contributed by atoms with van der Waals surface area (Å²) < 4.78 is 119. The van der Waals surface area contributed by atoms with Crippen molar-refractivity contribution >= 4 is 93.2 Å². The number of hydrogen-bond donors (Lipinski definition) is 8. The van der Waals surface area contributed by atoms with Gasteiger partial charge in [0.1, 0.15) is 43.2 Å². The van der Waals surface area contributed by atoms with Gasteiger partial charge in [-0.15, -0.1) is 0 Å². The minimum absolute atomic E-state index is 0.0174. The summed E-state index contributed by atoms with van der Waals surface area (Å²) in [6, 6.07) is 10.6. The predicted octanol–water partition coefficient (Wildman–Crippen LogP) is 9.31. The van der Waals surface area contributed by atoms with Crippen LogP contribution in [-0.4, -0.2) is 111 Å². The molecular weight excluding hydrogens is 1090 g/mol. The van der Waals surface area contributed by atoms with Crippen molar-refractivity contribution in [2.75, 3.05) is 67.1 Å². The van der Waals surface area contributed by atoms with E-state index >= 15 is 0 Å². The molecule has 0 unspecified atom stereocenters. The Balaban J connectivity index is 0.000000221. The highest BCUT2D eigenvalue weighted by Crippen LogP contribution is 2.41. The fraction of sp³-hybridized carbons (Fsp3) is 0.512. The molecule has 73 heavy (non-hydrogen) atoms. The lowest BCUT2D eigenvalue weighted by atomic mass is 9.88. The average Bonchev–Trinajstić information content (AvgIpc) is 3.28. The standard InChI is InChI=1S/C16H18ClF3N6S.C11H19F3N2O2.C10H8Cl2N4S.C6H11F3N2/c17-12-9(21)2-1-3-10(12)27-14-13(22)25-11(8-24-14)26-6-4-15(23,5-7-26)16(18,19)20;1-9(2,3)18-8(17)16-6-4-10(15,5-7-16)11(12,13)14;11-7-4-15-10(9(14)16-7)17-6-3-1-2-5(13)8(6)12;7-6(8,9)5(10)1-3-11-4-2-5/h1-3,8H,4-7,21,23H2,(H2,22,25);4-7,15H2,1-3H3;1-4H,13H2,(H2,14,16);11H,1-4,10H2. The molecule has 2 aromatic heterocycles. The highest BCUT2D eigenvalue weighted by Gasteiger charge is 2.55. The molecule has 30 heteroatoms. The quantitative estimate of drug-likeness (QED) is 0.0682. The third kappa shape index (κ3) is 16.8. The Morgan fingerprint density at radius 2 is 1.03 bits per heavy atom. The number of rotatable bonds is 5. The summed E-state index contributed by atoms with van der Waals surface area (Å²) in [5.41, 5.74) is 33.2. The highest BCUT2D eigenvalue weighted by atomic mass is 35.5. The van der Waals surface area contributed by atoms with Crippen molar-refractivity contribution in [2.45, 2.75) is 120 Å². The second kappa shape index (κ2) is 24.5. The molecule has 0 radical (unpaired) electrons. The Morgan fingerprint density at radius 3 is 1.41 bits per heavy atom. The van der Waals surface area contributed by atoms with Crippen molar-refractivity contribution in [3.63, 3.8) is 0 Å². The maximum Gasteiger partial charge on any atom is 0.410 e. The number of hydrogen-bond acceptors (Lipinski definition) is 17. The number of piperidine rings is 3. The molecule has 3 saturated heterocycles. The van der Waals surface area contributed by atoms with E-state index in [1.54, 1.807) is 49.9 Å². The smallest absolute Gasteiger partial charge is 0.410 e. The molecule has 16 nitrogen and oxygen atoms in total. The topological polar surface area (TPSA) is 279 Å². The maximum absolute atomic E-state index is 13.0. The summed E-state index contributed by atoms with van der Waals surface area (Å²) in [5.74, 6) is 0.845. The molecular formula is C43H56Cl3F9N14O2S2. The van der Waals surface area contributed by atoms with Gasteiger partial charge in [0.25, 0.3) is 0 Å². The zero-order chi connectivity index (χ0) is 55.0. The molecule has 0 saturated carbocycles. The summed E-state index contributed by atoms with van der Waals surface area (Å²) in [5, 5.41) is 4.95. The molecule has 5 heterocycles. The first-order valence-corrected chi connectivity index (χ1v) is 24.7. The fourth-order valence-electron chi connectivity index (χ4n) is 6.76. The normalized spacial score (nSPS) is 17.7. The van der Waals surface area contributed by atoms with E-state index in [-0.39, 0.29) is 81.5 Å². The van der Waals surface area contributed by atoms with Gasteiger partial charge in [-0.3, -0.25) is 0 Å². The first-order valence-electron chi connectivity index (χ1n) is 21.9. The van der Waals surface area contributed by atoms with Crippen LogP contribution < -0.4 is 50.4 Å². The number of nitrogen functional groups attached to an aromatic ring is 4. The monoisotopic (exact) mass is 1140 g/mol. The molecule has 406 valence electrons. The third-order valence-electron chi connectivity index (χ3n) is 11.4. The Labute approximate surface area is 438 Å². The second-order valence-electron chi connectivity index (χ2n) is 18.0. The number of carbonyl (C=O) groups excluding carboxylic acids is 1. The van der Waals surface area contributed by atoms with Gasteiger partial charge in [0.2, 0.25) is 0 Å². The second-order valence-corrected chi connectivity index (χ2v) is 21.2. The van der Waals surface area contributed by atoms with E-state index in [9.17, 15) is 44.3 Å². The molecule has 3 aliphatic rings. The van der Waals surface area contributed by atoms with Crippen LogP contribution in [0.2, 0.25) is 15.2 Å². The molecule has 15 N–H and O–H groups in total. The Bertz CT molecular complexity index is 2490. The number of halogens is 12. The van der Waals surface area contributed by atoms with Gasteiger partial charge in [-0.25, -0.2) is 24.7 Å². The lowest BCUT2D eigenvalue weighted by molar-refractivity contribution is -0.196. The number of carbonyl (C=O) groups is 1. The summed E-state index contributed by atoms with van der Waals surface area (Å²) in [7, 11) is 0. The van der Waals surface area contributed by atoms with E-state index in [1.165, 1.54) is 40.8 Å². The molecule has 7 rings (SSSR count). The van der Waals surface area contributed by atoms with Crippen LogP contribution in [0.3, 0.4) is 0 Å². The van der Waals surface area contributed by atoms with Gasteiger partial charge in [0.15, 0.2) is 11.6 Å². The molecule has 0 spiro atoms. The summed E-state index contributed by atoms with van der Waals surface area (Å²) in [6.45, 7) is 6.00. The van der Waals surface area contributed by atoms with Gasteiger partial charge < -0.3 is 60.0 Å². The van der Waals surface area contributed by atoms with Gasteiger partial charge >= 0.3 is 24.6 Å². The van der Waals surface area contributed by atoms with Gasteiger partial charge in [-0.05, 0) is 96.7 Å². The Morgan fingerprint density at radius 1 is 0.630 bits per heavy atom. The zero-order valence-corrected chi connectivity index (χ0v) is 43.4. The lowest BCUT2D eigenvalue weighted by Crippen LogP contribution is -2.60. The van der Waals surface area contributed by atoms with Crippen molar-refractivity contribution in [3.05, 3.63) is 64.0 Å². The average molecular weight is 1140 g/mol. The highest BCUT2D eigenvalue weighted by molar-refractivity contribution is 7.99. The van der Waals surface area contributed by atoms with Crippen molar-refractivity contribution in [1.29, 1.82) is 0 Å². The van der Waals surface area contributed by atoms with E-state index in [0.717, 1.165) is 4.90 Å². The van der Waals surface area contributed by atoms with E-state index in [0.29, 0.717) is 55.3 Å². The predicted molar refractivity (Wildman–Crippen MR) is 267 cm³/mol. The van der Waals surface area contributed by atoms with Gasteiger partial charge in [-0.2, -0.15) is 39.5 Å². The number of nitrogens with two attached hydrogens (primary N) is 7. The van der Waals surface area contributed by atoms with Crippen LogP contribution in [-0.2, 0) is 4.74 Å². The molecule has 0 aliphatic carbocycles. The van der Waals surface area contributed by atoms with Crippen LogP contribution in [0, 0.1) is 0 Å². The van der Waals surface area contributed by atoms with Crippen LogP contribution in [0.4, 0.5) is 73.1 Å². The summed E-state index contributed by atoms with van der Waals surface area (Å²) in [4.78, 5) is 32.6. The van der Waals surface area contributed by atoms with Crippen LogP contribution in [0.5, 0.6) is 0 Å². The minimum Gasteiger partial charge on any atom is -0.444 e. The van der Waals surface area contributed by atoms with Crippen molar-refractivity contribution < 1.29 is 49.0 Å². The number of ether oxygens (including phenoxy) is 1. The summed E-state index contributed by atoms with van der Waals surface area (Å²) in [6.07, 6.45) is -11.9. The molecule has 4 aromatic rings. The van der Waals surface area contributed by atoms with Crippen LogP contribution in [0.25, 0.3) is 0 Å². The number of likely N-dealkylation sites (tertiary alicyclic amines) is 1. The number of amides is 1. The number of nitrogens with one attached hydrogen (secondary N) is 1. The van der Waals surface area contributed by atoms with Crippen molar-refractivity contribution in [1.82, 2.24) is 30.2 Å². The fourth-order valence-corrected chi connectivity index (χ4v) is 9.02. The summed E-state index contributed by atoms with van der Waals surface area (Å²) >= 11 is 20.4. The van der Waals surface area contributed by atoms with Crippen molar-refractivity contribution in [2.24, 2.45) is 17.2 Å². The molecule has 0 bridgehead atoms. The molecule has 0 atom stereocenters. The molecule has 3 aliphatic heterocycles. The van der Waals surface area contributed by atoms with Gasteiger partial charge in [0, 0.05) is 36.0 Å². The van der Waals surface area contributed by atoms with E-state index in [2.05, 4.69) is 25.3 Å². The van der Waals surface area contributed by atoms with E-state index in [4.69, 9.17) is 79.7 Å². The van der Waals surface area contributed by atoms with Gasteiger partial charge in [-0.1, -0.05) is 70.5 Å². The Hall–Kier alpha value is -4.35. The molecule has 2 aromatic carbocycles. The van der Waals surface area contributed by atoms with E-state index < -0.39 is 46.8 Å². The van der Waals surface area contributed by atoms with Crippen LogP contribution in [0.1, 0.15) is 59.3 Å². The largest absolute Gasteiger partial charge is 0.444 e. The number of nitrogens with zero attached hydrogens (tertiary/aromatic N) is 6. The van der Waals surface area contributed by atoms with Crippen molar-refractivity contribution in [3.8, 4) is 0 Å². The maximum atomic E-state index is 13.0. The zero-order valence-electron chi connectivity index (χ0n) is 39.5. The number of aromatic nitrogens is 4. The van der Waals surface area contributed by atoms with Crippen LogP contribution >= 0.6 is 58.3 Å². The first-order chi connectivity index (χ1) is 33.6. The third-order valence-corrected chi connectivity index (χ3v) is 14.7. The minimum atomic E-state index is -4.44. The van der Waals surface area contributed by atoms with E-state index in [1.807, 2.05) is 12.1 Å².